The van der Waals surface area contributed by atoms with Gasteiger partial charge in [-0.1, -0.05) is 0 Å². The number of aliphatic carboxylic acids is 1. The van der Waals surface area contributed by atoms with Crippen LogP contribution in [0.5, 0.6) is 5.75 Å². The Morgan fingerprint density at radius 1 is 1.17 bits per heavy atom. The molecule has 11 nitrogen and oxygen atoms in total. The van der Waals surface area contributed by atoms with Crippen LogP contribution in [0.15, 0.2) is 47.8 Å². The number of ether oxygens (including phenoxy) is 1. The van der Waals surface area contributed by atoms with Crippen LogP contribution >= 0.6 is 0 Å². The molecule has 2 aromatic heterocycles. The molecule has 15 heteroatoms. The third kappa shape index (κ3) is 4.93. The number of carboxylic acids is 1. The monoisotopic (exact) mass is 508 g/mol. The molecule has 0 amide bonds. The van der Waals surface area contributed by atoms with Crippen LogP contribution in [0.1, 0.15) is 5.56 Å². The van der Waals surface area contributed by atoms with Crippen LogP contribution in [0.2, 0.25) is 0 Å². The number of pyridine rings is 1. The van der Waals surface area contributed by atoms with Gasteiger partial charge in [-0.2, -0.15) is 9.57 Å². The first-order chi connectivity index (χ1) is 16.5. The van der Waals surface area contributed by atoms with Gasteiger partial charge in [0, 0.05) is 25.8 Å². The van der Waals surface area contributed by atoms with E-state index in [4.69, 9.17) is 0 Å². The number of rotatable bonds is 5. The minimum atomic E-state index is -4.94. The van der Waals surface area contributed by atoms with E-state index in [0.717, 1.165) is 28.6 Å². The number of nitriles is 1. The minimum Gasteiger partial charge on any atom is -0.480 e. The number of alkyl halides is 3. The summed E-state index contributed by atoms with van der Waals surface area (Å²) in [5.74, 6) is -1.79. The number of carboxylic acid groups (broad SMARTS) is 1. The highest BCUT2D eigenvalue weighted by Gasteiger charge is 2.41. The second-order valence-electron chi connectivity index (χ2n) is 7.33. The lowest BCUT2D eigenvalue weighted by Crippen LogP contribution is -2.58. The van der Waals surface area contributed by atoms with Crippen LogP contribution in [-0.4, -0.2) is 70.8 Å². The maximum Gasteiger partial charge on any atom is 0.573 e. The van der Waals surface area contributed by atoms with E-state index in [0.29, 0.717) is 5.52 Å². The summed E-state index contributed by atoms with van der Waals surface area (Å²) in [5, 5.41) is 19.0. The molecular weight excluding hydrogens is 493 g/mol. The van der Waals surface area contributed by atoms with Gasteiger partial charge in [-0.05, 0) is 24.3 Å². The molecule has 1 N–H and O–H groups in total. The van der Waals surface area contributed by atoms with Crippen LogP contribution in [0.4, 0.5) is 19.0 Å². The van der Waals surface area contributed by atoms with E-state index in [1.807, 2.05) is 6.07 Å². The number of anilines is 1. The van der Waals surface area contributed by atoms with Gasteiger partial charge < -0.3 is 14.7 Å². The van der Waals surface area contributed by atoms with Gasteiger partial charge in [0.1, 0.15) is 34.7 Å². The Balaban J connectivity index is 1.60. The number of piperazine rings is 1. The number of aromatic nitrogens is 3. The Morgan fingerprint density at radius 3 is 2.51 bits per heavy atom. The summed E-state index contributed by atoms with van der Waals surface area (Å²) >= 11 is 0. The van der Waals surface area contributed by atoms with Crippen LogP contribution in [0.3, 0.4) is 0 Å². The zero-order chi connectivity index (χ0) is 25.4. The molecule has 0 aliphatic carbocycles. The summed E-state index contributed by atoms with van der Waals surface area (Å²) < 4.78 is 67.8. The van der Waals surface area contributed by atoms with Crippen molar-refractivity contribution < 1.29 is 36.2 Å². The molecule has 0 bridgehead atoms. The van der Waals surface area contributed by atoms with E-state index < -0.39 is 34.1 Å². The molecule has 35 heavy (non-hydrogen) atoms. The van der Waals surface area contributed by atoms with Gasteiger partial charge in [-0.25, -0.2) is 18.4 Å². The molecule has 3 heterocycles. The number of hydrogen-bond acceptors (Lipinski definition) is 9. The predicted octanol–water partition coefficient (Wildman–Crippen LogP) is 1.76. The average Bonchev–Trinajstić information content (AvgIpc) is 2.82. The van der Waals surface area contributed by atoms with Crippen molar-refractivity contribution in [1.82, 2.24) is 19.3 Å². The third-order valence-corrected chi connectivity index (χ3v) is 7.09. The molecule has 1 atom stereocenters. The number of halogens is 3. The molecule has 1 aliphatic heterocycles. The number of benzene rings is 1. The van der Waals surface area contributed by atoms with Crippen LogP contribution in [0, 0.1) is 11.3 Å². The molecule has 1 fully saturated rings. The fraction of sp³-hybridized carbons (Fsp3) is 0.250. The number of fused-ring (bicyclic) bond motifs is 1. The molecule has 1 aliphatic rings. The van der Waals surface area contributed by atoms with Gasteiger partial charge in [-0.3, -0.25) is 9.78 Å². The van der Waals surface area contributed by atoms with Crippen molar-refractivity contribution in [3.05, 3.63) is 48.4 Å². The van der Waals surface area contributed by atoms with Crippen LogP contribution in [-0.2, 0) is 14.8 Å². The fourth-order valence-electron chi connectivity index (χ4n) is 3.57. The molecule has 0 radical (unpaired) electrons. The molecule has 4 rings (SSSR count). The largest absolute Gasteiger partial charge is 0.573 e. The summed E-state index contributed by atoms with van der Waals surface area (Å²) in [5.41, 5.74) is 0.802. The van der Waals surface area contributed by atoms with Gasteiger partial charge in [0.15, 0.2) is 0 Å². The summed E-state index contributed by atoms with van der Waals surface area (Å²) in [6.45, 7) is -0.482. The molecule has 1 aromatic carbocycles. The number of hydrogen-bond donors (Lipinski definition) is 1. The summed E-state index contributed by atoms with van der Waals surface area (Å²) in [4.78, 5) is 25.6. The molecular formula is C20H15F3N6O5S. The number of carbonyl (C=O) groups is 1. The molecule has 0 unspecified atom stereocenters. The Hall–Kier alpha value is -4.03. The fourth-order valence-corrected chi connectivity index (χ4v) is 5.14. The van der Waals surface area contributed by atoms with E-state index >= 15 is 0 Å². The van der Waals surface area contributed by atoms with Crippen LogP contribution < -0.4 is 9.64 Å². The minimum absolute atomic E-state index is 0.0471. The maximum absolute atomic E-state index is 13.1. The second kappa shape index (κ2) is 8.96. The van der Waals surface area contributed by atoms with E-state index in [9.17, 15) is 36.8 Å². The molecule has 182 valence electrons. The summed E-state index contributed by atoms with van der Waals surface area (Å²) in [7, 11) is -4.37. The summed E-state index contributed by atoms with van der Waals surface area (Å²) in [6.07, 6.45) is -0.839. The first-order valence-electron chi connectivity index (χ1n) is 9.86. The van der Waals surface area contributed by atoms with Gasteiger partial charge >= 0.3 is 12.3 Å². The molecule has 0 spiro atoms. The van der Waals surface area contributed by atoms with Crippen molar-refractivity contribution >= 4 is 32.8 Å². The Bertz CT molecular complexity index is 1430. The van der Waals surface area contributed by atoms with E-state index in [2.05, 4.69) is 19.7 Å². The van der Waals surface area contributed by atoms with Crippen molar-refractivity contribution in [3.8, 4) is 11.8 Å². The maximum atomic E-state index is 13.1. The normalized spacial score (nSPS) is 17.2. The predicted molar refractivity (Wildman–Crippen MR) is 113 cm³/mol. The standard InChI is InChI=1S/C20H15F3N6O5S/c21-20(22,23)34-13-1-3-14(4-2-13)35(32,33)29-6-5-28(11-16(29)19(30)31)17-10-26-15-9-25-8-12(7-24)18(15)27-17/h1-4,8-10,16H,5-6,11H2,(H,30,31)/t16-/m1/s1. The second-order valence-corrected chi connectivity index (χ2v) is 9.22. The van der Waals surface area contributed by atoms with Gasteiger partial charge in [0.25, 0.3) is 0 Å². The van der Waals surface area contributed by atoms with E-state index in [-0.39, 0.29) is 41.4 Å². The Kier molecular flexibility index (Phi) is 6.17. The first-order valence-corrected chi connectivity index (χ1v) is 11.3. The lowest BCUT2D eigenvalue weighted by atomic mass is 10.2. The van der Waals surface area contributed by atoms with Crippen molar-refractivity contribution in [1.29, 1.82) is 5.26 Å². The highest BCUT2D eigenvalue weighted by Crippen LogP contribution is 2.28. The Labute approximate surface area is 196 Å². The first kappa shape index (κ1) is 24.1. The van der Waals surface area contributed by atoms with Crippen molar-refractivity contribution in [2.75, 3.05) is 24.5 Å². The highest BCUT2D eigenvalue weighted by molar-refractivity contribution is 7.89. The summed E-state index contributed by atoms with van der Waals surface area (Å²) in [6, 6.07) is 3.91. The lowest BCUT2D eigenvalue weighted by molar-refractivity contribution is -0.274. The number of sulfonamides is 1. The topological polar surface area (TPSA) is 150 Å². The van der Waals surface area contributed by atoms with Gasteiger partial charge in [0.2, 0.25) is 10.0 Å². The zero-order valence-electron chi connectivity index (χ0n) is 17.5. The van der Waals surface area contributed by atoms with Crippen molar-refractivity contribution in [3.63, 3.8) is 0 Å². The van der Waals surface area contributed by atoms with Crippen molar-refractivity contribution in [2.45, 2.75) is 17.3 Å². The molecule has 0 saturated carbocycles. The SMILES string of the molecule is N#Cc1cncc2ncc(N3CCN(S(=O)(=O)c4ccc(OC(F)(F)F)cc4)[C@@H](C(=O)O)C3)nc12. The van der Waals surface area contributed by atoms with E-state index in [1.165, 1.54) is 23.5 Å². The average molecular weight is 508 g/mol. The molecule has 1 saturated heterocycles. The number of nitrogens with zero attached hydrogens (tertiary/aromatic N) is 6. The third-order valence-electron chi connectivity index (χ3n) is 5.17. The quantitative estimate of drug-likeness (QED) is 0.540. The van der Waals surface area contributed by atoms with E-state index in [1.54, 1.807) is 0 Å². The van der Waals surface area contributed by atoms with Crippen molar-refractivity contribution in [2.24, 2.45) is 0 Å². The zero-order valence-corrected chi connectivity index (χ0v) is 18.4. The molecule has 3 aromatic rings. The van der Waals surface area contributed by atoms with Crippen LogP contribution in [0.25, 0.3) is 11.0 Å². The van der Waals surface area contributed by atoms with Gasteiger partial charge in [-0.15, -0.1) is 13.2 Å². The smallest absolute Gasteiger partial charge is 0.480 e. The highest BCUT2D eigenvalue weighted by atomic mass is 32.2. The van der Waals surface area contributed by atoms with Gasteiger partial charge in [0.05, 0.1) is 22.9 Å². The lowest BCUT2D eigenvalue weighted by Gasteiger charge is -2.38. The Morgan fingerprint density at radius 2 is 1.89 bits per heavy atom.